The zero-order valence-corrected chi connectivity index (χ0v) is 15.4. The van der Waals surface area contributed by atoms with Gasteiger partial charge in [-0.1, -0.05) is 30.7 Å². The van der Waals surface area contributed by atoms with E-state index in [4.69, 9.17) is 4.79 Å². The molecule has 0 spiro atoms. The molecule has 0 fully saturated rings. The number of primary amides is 1. The zero-order valence-electron chi connectivity index (χ0n) is 14.6. The van der Waals surface area contributed by atoms with Crippen LogP contribution in [-0.2, 0) is 4.79 Å². The van der Waals surface area contributed by atoms with Crippen molar-refractivity contribution in [2.75, 3.05) is 19.6 Å². The van der Waals surface area contributed by atoms with E-state index in [1.54, 1.807) is 11.8 Å². The SMILES string of the molecule is CCCCNC(=O)NC(SC1=C(C)CCNC1)=C(C)C.NC=O. The number of carbonyl (C=O) groups excluding carboxylic acids is 2. The van der Waals surface area contributed by atoms with Crippen molar-refractivity contribution in [3.8, 4) is 0 Å². The van der Waals surface area contributed by atoms with Crippen LogP contribution in [0.1, 0.15) is 47.0 Å². The van der Waals surface area contributed by atoms with Gasteiger partial charge in [0.15, 0.2) is 0 Å². The highest BCUT2D eigenvalue weighted by molar-refractivity contribution is 8.06. The minimum absolute atomic E-state index is 0.107. The fourth-order valence-electron chi connectivity index (χ4n) is 1.79. The predicted molar refractivity (Wildman–Crippen MR) is 97.8 cm³/mol. The Kier molecular flexibility index (Phi) is 12.2. The van der Waals surface area contributed by atoms with E-state index in [0.29, 0.717) is 0 Å². The Morgan fingerprint density at radius 2 is 2.09 bits per heavy atom. The number of amides is 3. The maximum absolute atomic E-state index is 11.9. The maximum Gasteiger partial charge on any atom is 0.319 e. The van der Waals surface area contributed by atoms with Crippen molar-refractivity contribution in [2.24, 2.45) is 5.73 Å². The second-order valence-corrected chi connectivity index (χ2v) is 6.54. The third kappa shape index (κ3) is 10.0. The third-order valence-corrected chi connectivity index (χ3v) is 4.61. The van der Waals surface area contributed by atoms with Crippen molar-refractivity contribution < 1.29 is 9.59 Å². The van der Waals surface area contributed by atoms with Crippen LogP contribution >= 0.6 is 11.8 Å². The lowest BCUT2D eigenvalue weighted by Crippen LogP contribution is -2.35. The molecule has 1 rings (SSSR count). The quantitative estimate of drug-likeness (QED) is 0.440. The molecule has 1 heterocycles. The molecule has 6 nitrogen and oxygen atoms in total. The average Bonchev–Trinajstić information content (AvgIpc) is 2.49. The van der Waals surface area contributed by atoms with Gasteiger partial charge in [-0.2, -0.15) is 0 Å². The molecule has 0 aromatic carbocycles. The molecule has 0 aromatic rings. The first kappa shape index (κ1) is 21.5. The number of thioether (sulfide) groups is 1. The van der Waals surface area contributed by atoms with E-state index in [1.807, 2.05) is 13.8 Å². The van der Waals surface area contributed by atoms with Crippen LogP contribution in [0, 0.1) is 0 Å². The number of hydrogen-bond acceptors (Lipinski definition) is 4. The lowest BCUT2D eigenvalue weighted by molar-refractivity contribution is -0.106. The highest BCUT2D eigenvalue weighted by Gasteiger charge is 2.14. The van der Waals surface area contributed by atoms with Gasteiger partial charge in [-0.05, 0) is 45.7 Å². The van der Waals surface area contributed by atoms with E-state index in [2.05, 4.69) is 35.5 Å². The highest BCUT2D eigenvalue weighted by Crippen LogP contribution is 2.30. The van der Waals surface area contributed by atoms with Crippen molar-refractivity contribution in [2.45, 2.75) is 47.0 Å². The monoisotopic (exact) mass is 342 g/mol. The summed E-state index contributed by atoms with van der Waals surface area (Å²) in [4.78, 5) is 21.8. The largest absolute Gasteiger partial charge is 0.372 e. The molecule has 0 atom stereocenters. The number of nitrogens with one attached hydrogen (secondary N) is 3. The number of unbranched alkanes of at least 4 members (excludes halogenated alkanes) is 1. The van der Waals surface area contributed by atoms with E-state index in [1.165, 1.54) is 10.5 Å². The number of nitrogens with two attached hydrogens (primary N) is 1. The van der Waals surface area contributed by atoms with Gasteiger partial charge in [0.2, 0.25) is 6.41 Å². The number of hydrogen-bond donors (Lipinski definition) is 4. The van der Waals surface area contributed by atoms with Gasteiger partial charge in [-0.15, -0.1) is 0 Å². The lowest BCUT2D eigenvalue weighted by atomic mass is 10.1. The smallest absolute Gasteiger partial charge is 0.319 e. The highest BCUT2D eigenvalue weighted by atomic mass is 32.2. The molecule has 1 aliphatic heterocycles. The summed E-state index contributed by atoms with van der Waals surface area (Å²) in [6.07, 6.45) is 3.43. The van der Waals surface area contributed by atoms with Gasteiger partial charge in [0.1, 0.15) is 0 Å². The molecule has 0 aromatic heterocycles. The molecular formula is C16H30N4O2S. The molecule has 0 unspecified atom stereocenters. The Hall–Kier alpha value is -1.47. The van der Waals surface area contributed by atoms with Crippen LogP contribution < -0.4 is 21.7 Å². The van der Waals surface area contributed by atoms with Crippen LogP contribution in [0.25, 0.3) is 0 Å². The molecule has 0 aliphatic carbocycles. The Bertz CT molecular complexity index is 443. The van der Waals surface area contributed by atoms with Crippen LogP contribution in [0.4, 0.5) is 4.79 Å². The fraction of sp³-hybridized carbons (Fsp3) is 0.625. The standard InChI is InChI=1S/C15H27N3OS.CH3NO/c1-5-6-8-17-15(19)18-14(11(2)3)20-13-10-16-9-7-12(13)4;2-1-3/h16H,5-10H2,1-4H3,(H2,17,18,19);1H,(H2,2,3). The topological polar surface area (TPSA) is 96.2 Å². The average molecular weight is 343 g/mol. The summed E-state index contributed by atoms with van der Waals surface area (Å²) in [5.74, 6) is 0. The van der Waals surface area contributed by atoms with Gasteiger partial charge in [0.05, 0.1) is 5.03 Å². The Labute approximate surface area is 143 Å². The first-order valence-electron chi connectivity index (χ1n) is 7.91. The van der Waals surface area contributed by atoms with Crippen LogP contribution in [0.3, 0.4) is 0 Å². The number of rotatable bonds is 6. The Morgan fingerprint density at radius 3 is 2.61 bits per heavy atom. The summed E-state index contributed by atoms with van der Waals surface area (Å²) in [6, 6.07) is -0.107. The first-order valence-corrected chi connectivity index (χ1v) is 8.72. The van der Waals surface area contributed by atoms with Gasteiger partial charge >= 0.3 is 6.03 Å². The second-order valence-electron chi connectivity index (χ2n) is 5.43. The van der Waals surface area contributed by atoms with Crippen molar-refractivity contribution in [1.29, 1.82) is 0 Å². The van der Waals surface area contributed by atoms with Crippen LogP contribution in [0.2, 0.25) is 0 Å². The van der Waals surface area contributed by atoms with Gasteiger partial charge < -0.3 is 21.7 Å². The van der Waals surface area contributed by atoms with E-state index in [9.17, 15) is 4.79 Å². The van der Waals surface area contributed by atoms with Crippen molar-refractivity contribution in [3.05, 3.63) is 21.1 Å². The molecular weight excluding hydrogens is 312 g/mol. The number of carbonyl (C=O) groups is 2. The molecule has 0 saturated heterocycles. The molecule has 132 valence electrons. The van der Waals surface area contributed by atoms with E-state index >= 15 is 0 Å². The predicted octanol–water partition coefficient (Wildman–Crippen LogP) is 2.44. The van der Waals surface area contributed by atoms with Crippen molar-refractivity contribution in [3.63, 3.8) is 0 Å². The molecule has 7 heteroatoms. The molecule has 0 saturated carbocycles. The van der Waals surface area contributed by atoms with E-state index in [-0.39, 0.29) is 12.4 Å². The van der Waals surface area contributed by atoms with Crippen LogP contribution in [0.15, 0.2) is 21.1 Å². The summed E-state index contributed by atoms with van der Waals surface area (Å²) in [5, 5.41) is 10.2. The fourth-order valence-corrected chi connectivity index (χ4v) is 2.84. The van der Waals surface area contributed by atoms with Crippen LogP contribution in [-0.4, -0.2) is 32.1 Å². The minimum Gasteiger partial charge on any atom is -0.372 e. The zero-order chi connectivity index (χ0) is 17.7. The normalized spacial score (nSPS) is 13.6. The van der Waals surface area contributed by atoms with Gasteiger partial charge in [0.25, 0.3) is 0 Å². The summed E-state index contributed by atoms with van der Waals surface area (Å²) in [5.41, 5.74) is 6.72. The van der Waals surface area contributed by atoms with Gasteiger partial charge in [-0.3, -0.25) is 4.79 Å². The molecule has 5 N–H and O–H groups in total. The number of allylic oxidation sites excluding steroid dienone is 1. The van der Waals surface area contributed by atoms with Gasteiger partial charge in [-0.25, -0.2) is 4.79 Å². The van der Waals surface area contributed by atoms with E-state index < -0.39 is 0 Å². The van der Waals surface area contributed by atoms with Gasteiger partial charge in [0, 0.05) is 18.0 Å². The van der Waals surface area contributed by atoms with Crippen molar-refractivity contribution in [1.82, 2.24) is 16.0 Å². The Morgan fingerprint density at radius 1 is 1.43 bits per heavy atom. The molecule has 3 amide bonds. The maximum atomic E-state index is 11.9. The van der Waals surface area contributed by atoms with Crippen LogP contribution in [0.5, 0.6) is 0 Å². The first-order chi connectivity index (χ1) is 11.0. The third-order valence-electron chi connectivity index (χ3n) is 3.16. The summed E-state index contributed by atoms with van der Waals surface area (Å²) < 4.78 is 0. The number of urea groups is 1. The van der Waals surface area contributed by atoms with Crippen molar-refractivity contribution >= 4 is 24.2 Å². The molecule has 0 bridgehead atoms. The molecule has 23 heavy (non-hydrogen) atoms. The lowest BCUT2D eigenvalue weighted by Gasteiger charge is -2.20. The summed E-state index contributed by atoms with van der Waals surface area (Å²) in [6.45, 7) is 11.0. The van der Waals surface area contributed by atoms with E-state index in [0.717, 1.165) is 49.5 Å². The summed E-state index contributed by atoms with van der Waals surface area (Å²) >= 11 is 1.67. The minimum atomic E-state index is -0.107. The molecule has 0 radical (unpaired) electrons. The second kappa shape index (κ2) is 13.0. The molecule has 1 aliphatic rings. The Balaban J connectivity index is 0.00000149. The summed E-state index contributed by atoms with van der Waals surface area (Å²) in [7, 11) is 0.